The number of nitrogen functional groups attached to an aromatic ring is 1. The topological polar surface area (TPSA) is 90.1 Å². The maximum absolute atomic E-state index is 11.8. The molecule has 0 bridgehead atoms. The first kappa shape index (κ1) is 15.8. The highest BCUT2D eigenvalue weighted by Crippen LogP contribution is 2.21. The Labute approximate surface area is 144 Å². The van der Waals surface area contributed by atoms with Crippen molar-refractivity contribution in [1.29, 1.82) is 0 Å². The molecule has 3 N–H and O–H groups in total. The van der Waals surface area contributed by atoms with E-state index in [-0.39, 0.29) is 0 Å². The molecule has 0 saturated carbocycles. The second-order valence-electron chi connectivity index (χ2n) is 4.87. The molecule has 0 saturated heterocycles. The predicted molar refractivity (Wildman–Crippen MR) is 95.2 cm³/mol. The molecule has 0 aliphatic heterocycles. The lowest BCUT2D eigenvalue weighted by Crippen LogP contribution is -2.16. The van der Waals surface area contributed by atoms with Gasteiger partial charge in [-0.15, -0.1) is 12.6 Å². The normalized spacial score (nSPS) is 10.2. The predicted octanol–water partition coefficient (Wildman–Crippen LogP) is 3.63. The number of carbonyl (C=O) groups is 1. The number of nitrogens with two attached hydrogens (primary N) is 1. The molecule has 1 aromatic heterocycles. The number of thiol groups is 1. The maximum atomic E-state index is 11.8. The number of rotatable bonds is 3. The number of carbonyl (C=O) groups excluding carboxylic acids is 1. The van der Waals surface area contributed by atoms with Crippen LogP contribution in [0.2, 0.25) is 0 Å². The second kappa shape index (κ2) is 7.01. The van der Waals surface area contributed by atoms with E-state index in [9.17, 15) is 4.79 Å². The van der Waals surface area contributed by atoms with Gasteiger partial charge in [0.05, 0.1) is 4.90 Å². The first-order valence-corrected chi connectivity index (χ1v) is 7.52. The standard InChI is InChI=1S/C17H14N4O2S/c18-15-14(24)10-19-16(21-15)11-6-8-12(9-7-11)20-17(22)23-13-4-2-1-3-5-13/h1-10,24H,(H,20,22)(H2,18,19,21). The third-order valence-electron chi connectivity index (χ3n) is 3.14. The third kappa shape index (κ3) is 3.82. The summed E-state index contributed by atoms with van der Waals surface area (Å²) in [6.45, 7) is 0. The zero-order chi connectivity index (χ0) is 16.9. The fraction of sp³-hybridized carbons (Fsp3) is 0. The van der Waals surface area contributed by atoms with Gasteiger partial charge in [0.25, 0.3) is 0 Å². The number of nitrogens with one attached hydrogen (secondary N) is 1. The molecule has 0 atom stereocenters. The van der Waals surface area contributed by atoms with E-state index >= 15 is 0 Å². The molecule has 1 amide bonds. The summed E-state index contributed by atoms with van der Waals surface area (Å²) in [7, 11) is 0. The average Bonchev–Trinajstić information content (AvgIpc) is 2.59. The Morgan fingerprint density at radius 2 is 1.79 bits per heavy atom. The van der Waals surface area contributed by atoms with Crippen molar-refractivity contribution in [1.82, 2.24) is 9.97 Å². The van der Waals surface area contributed by atoms with Gasteiger partial charge in [-0.1, -0.05) is 18.2 Å². The summed E-state index contributed by atoms with van der Waals surface area (Å²) in [4.78, 5) is 20.7. The van der Waals surface area contributed by atoms with E-state index in [1.54, 1.807) is 54.7 Å². The van der Waals surface area contributed by atoms with Crippen molar-refractivity contribution in [3.8, 4) is 17.1 Å². The van der Waals surface area contributed by atoms with Gasteiger partial charge in [0.15, 0.2) is 5.82 Å². The van der Waals surface area contributed by atoms with Crippen molar-refractivity contribution in [2.75, 3.05) is 11.1 Å². The monoisotopic (exact) mass is 338 g/mol. The number of anilines is 2. The van der Waals surface area contributed by atoms with Crippen LogP contribution in [0.4, 0.5) is 16.3 Å². The van der Waals surface area contributed by atoms with Crippen molar-refractivity contribution in [3.63, 3.8) is 0 Å². The van der Waals surface area contributed by atoms with Gasteiger partial charge in [-0.3, -0.25) is 5.32 Å². The Bertz CT molecular complexity index is 854. The Hall–Kier alpha value is -3.06. The maximum Gasteiger partial charge on any atom is 0.417 e. The van der Waals surface area contributed by atoms with Crippen LogP contribution in [0.3, 0.4) is 0 Å². The number of hydrogen-bond donors (Lipinski definition) is 3. The Kier molecular flexibility index (Phi) is 4.62. The molecular weight excluding hydrogens is 324 g/mol. The highest BCUT2D eigenvalue weighted by Gasteiger charge is 2.07. The van der Waals surface area contributed by atoms with Crippen molar-refractivity contribution in [2.24, 2.45) is 0 Å². The Balaban J connectivity index is 1.68. The number of benzene rings is 2. The number of nitrogens with zero attached hydrogens (tertiary/aromatic N) is 2. The smallest absolute Gasteiger partial charge is 0.410 e. The zero-order valence-electron chi connectivity index (χ0n) is 12.5. The Morgan fingerprint density at radius 1 is 1.08 bits per heavy atom. The van der Waals surface area contributed by atoms with Crippen LogP contribution < -0.4 is 15.8 Å². The van der Waals surface area contributed by atoms with Crippen LogP contribution in [-0.2, 0) is 0 Å². The summed E-state index contributed by atoms with van der Waals surface area (Å²) >= 11 is 4.14. The summed E-state index contributed by atoms with van der Waals surface area (Å²) in [5, 5.41) is 2.65. The molecule has 0 spiro atoms. The molecule has 0 aliphatic carbocycles. The second-order valence-corrected chi connectivity index (χ2v) is 5.35. The molecule has 0 aliphatic rings. The number of ether oxygens (including phenoxy) is 1. The Morgan fingerprint density at radius 3 is 2.46 bits per heavy atom. The third-order valence-corrected chi connectivity index (χ3v) is 3.49. The molecule has 2 aromatic carbocycles. The molecule has 120 valence electrons. The number of aromatic nitrogens is 2. The molecule has 3 rings (SSSR count). The fourth-order valence-corrected chi connectivity index (χ4v) is 2.08. The van der Waals surface area contributed by atoms with Crippen molar-refractivity contribution >= 4 is 30.2 Å². The van der Waals surface area contributed by atoms with Gasteiger partial charge in [0.1, 0.15) is 11.6 Å². The molecule has 3 aromatic rings. The van der Waals surface area contributed by atoms with E-state index in [2.05, 4.69) is 27.9 Å². The van der Waals surface area contributed by atoms with Gasteiger partial charge < -0.3 is 10.5 Å². The molecule has 7 heteroatoms. The molecule has 0 radical (unpaired) electrons. The molecular formula is C17H14N4O2S. The van der Waals surface area contributed by atoms with Crippen molar-refractivity contribution in [2.45, 2.75) is 4.90 Å². The molecule has 0 fully saturated rings. The largest absolute Gasteiger partial charge is 0.417 e. The van der Waals surface area contributed by atoms with Crippen LogP contribution in [-0.4, -0.2) is 16.1 Å². The molecule has 6 nitrogen and oxygen atoms in total. The summed E-state index contributed by atoms with van der Waals surface area (Å²) in [6.07, 6.45) is 0.985. The minimum absolute atomic E-state index is 0.317. The summed E-state index contributed by atoms with van der Waals surface area (Å²) in [5.41, 5.74) is 7.10. The minimum atomic E-state index is -0.561. The zero-order valence-corrected chi connectivity index (χ0v) is 13.4. The summed E-state index contributed by atoms with van der Waals surface area (Å²) < 4.78 is 5.16. The van der Waals surface area contributed by atoms with E-state index < -0.39 is 6.09 Å². The van der Waals surface area contributed by atoms with E-state index in [1.165, 1.54) is 0 Å². The first-order chi connectivity index (χ1) is 11.6. The summed E-state index contributed by atoms with van der Waals surface area (Å²) in [5.74, 6) is 1.28. The lowest BCUT2D eigenvalue weighted by Gasteiger charge is -2.07. The molecule has 1 heterocycles. The fourth-order valence-electron chi connectivity index (χ4n) is 1.97. The summed E-state index contributed by atoms with van der Waals surface area (Å²) in [6, 6.07) is 15.9. The van der Waals surface area contributed by atoms with Crippen LogP contribution in [0.5, 0.6) is 5.75 Å². The lowest BCUT2D eigenvalue weighted by atomic mass is 10.2. The lowest BCUT2D eigenvalue weighted by molar-refractivity contribution is 0.215. The number of amides is 1. The van der Waals surface area contributed by atoms with Crippen LogP contribution >= 0.6 is 12.6 Å². The van der Waals surface area contributed by atoms with Crippen LogP contribution in [0.15, 0.2) is 65.7 Å². The highest BCUT2D eigenvalue weighted by molar-refractivity contribution is 7.80. The van der Waals surface area contributed by atoms with Crippen molar-refractivity contribution < 1.29 is 9.53 Å². The first-order valence-electron chi connectivity index (χ1n) is 7.07. The number of para-hydroxylation sites is 1. The van der Waals surface area contributed by atoms with Gasteiger partial charge in [-0.2, -0.15) is 0 Å². The van der Waals surface area contributed by atoms with Gasteiger partial charge in [-0.25, -0.2) is 14.8 Å². The van der Waals surface area contributed by atoms with E-state index in [4.69, 9.17) is 10.5 Å². The van der Waals surface area contributed by atoms with E-state index in [0.29, 0.717) is 28.0 Å². The van der Waals surface area contributed by atoms with Crippen LogP contribution in [0.25, 0.3) is 11.4 Å². The van der Waals surface area contributed by atoms with Gasteiger partial charge >= 0.3 is 6.09 Å². The van der Waals surface area contributed by atoms with E-state index in [0.717, 1.165) is 5.56 Å². The van der Waals surface area contributed by atoms with E-state index in [1.807, 2.05) is 6.07 Å². The quantitative estimate of drug-likeness (QED) is 0.635. The highest BCUT2D eigenvalue weighted by atomic mass is 32.1. The van der Waals surface area contributed by atoms with Crippen LogP contribution in [0, 0.1) is 0 Å². The minimum Gasteiger partial charge on any atom is -0.410 e. The number of hydrogen-bond acceptors (Lipinski definition) is 6. The van der Waals surface area contributed by atoms with Gasteiger partial charge in [-0.05, 0) is 36.4 Å². The SMILES string of the molecule is Nc1nc(-c2ccc(NC(=O)Oc3ccccc3)cc2)ncc1S. The molecule has 24 heavy (non-hydrogen) atoms. The van der Waals surface area contributed by atoms with Gasteiger partial charge in [0.2, 0.25) is 0 Å². The average molecular weight is 338 g/mol. The van der Waals surface area contributed by atoms with Crippen molar-refractivity contribution in [3.05, 3.63) is 60.8 Å². The van der Waals surface area contributed by atoms with Gasteiger partial charge in [0, 0.05) is 17.4 Å². The van der Waals surface area contributed by atoms with Crippen LogP contribution in [0.1, 0.15) is 0 Å². The molecule has 0 unspecified atom stereocenters.